The zero-order valence-corrected chi connectivity index (χ0v) is 38.1. The Balaban J connectivity index is 1.25. The third-order valence-corrected chi connectivity index (χ3v) is 16.4. The molecule has 5 aliphatic heterocycles. The van der Waals surface area contributed by atoms with Crippen molar-refractivity contribution in [3.8, 4) is 5.75 Å². The summed E-state index contributed by atoms with van der Waals surface area (Å²) >= 11 is 0. The molecule has 1 saturated carbocycles. The summed E-state index contributed by atoms with van der Waals surface area (Å²) in [5, 5.41) is 42.1. The Morgan fingerprint density at radius 3 is 2.55 bits per heavy atom. The van der Waals surface area contributed by atoms with E-state index in [0.717, 1.165) is 33.4 Å². The standard InChI is InChI=1S/C49H66N6O9/c1-7-45(60)25-30-26-48(44(59)63-6,38-32(15-20-54(27-30)28-45)31-13-9-10-14-35(31)52-38)34-23-33-36(24-37(34)62-5)53(4)41-47(33)17-21-55-19-11-16-46(8-2,40(47)55)42(57)49(41,61)43(58)51-18-12-22-64-39(56)29(3)50/h9-11,13-14,16,23-24,29-30,40-42,52,57,60-61H,7-8,12,15,17-22,25-28,50H2,1-6H3,(H,51,58)/t29-,30?,40?,41?,42+,45?,46+,47+,48-,49-/m0/s1. The molecule has 15 heteroatoms. The first-order valence-electron chi connectivity index (χ1n) is 23.2. The number of benzene rings is 2. The van der Waals surface area contributed by atoms with Gasteiger partial charge in [0, 0.05) is 90.6 Å². The number of hydrogen-bond donors (Lipinski definition) is 6. The molecule has 9 rings (SSSR count). The molecule has 1 amide bonds. The number of aromatic amines is 1. The number of nitrogens with two attached hydrogens (primary N) is 1. The number of aliphatic hydroxyl groups excluding tert-OH is 1. The van der Waals surface area contributed by atoms with Gasteiger partial charge in [-0.15, -0.1) is 0 Å². The molecule has 1 aromatic heterocycles. The van der Waals surface area contributed by atoms with E-state index in [1.807, 2.05) is 62.2 Å². The molecule has 2 aromatic carbocycles. The van der Waals surface area contributed by atoms with Gasteiger partial charge >= 0.3 is 11.9 Å². The third-order valence-electron chi connectivity index (χ3n) is 16.4. The van der Waals surface area contributed by atoms with Crippen molar-refractivity contribution in [3.05, 3.63) is 70.9 Å². The molecule has 64 heavy (non-hydrogen) atoms. The maximum atomic E-state index is 15.4. The van der Waals surface area contributed by atoms with E-state index in [9.17, 15) is 24.9 Å². The fourth-order valence-electron chi connectivity index (χ4n) is 13.8. The molecule has 3 aromatic rings. The molecular weight excluding hydrogens is 817 g/mol. The summed E-state index contributed by atoms with van der Waals surface area (Å²) < 4.78 is 17.6. The van der Waals surface area contributed by atoms with E-state index in [1.165, 1.54) is 7.11 Å². The van der Waals surface area contributed by atoms with Gasteiger partial charge in [-0.25, -0.2) is 0 Å². The van der Waals surface area contributed by atoms with Crippen molar-refractivity contribution in [2.75, 3.05) is 72.0 Å². The number of hydrogen-bond acceptors (Lipinski definition) is 13. The number of esters is 2. The molecule has 2 bridgehead atoms. The lowest BCUT2D eigenvalue weighted by molar-refractivity contribution is -0.203. The quantitative estimate of drug-likeness (QED) is 0.0934. The maximum Gasteiger partial charge on any atom is 0.322 e. The number of likely N-dealkylation sites (N-methyl/N-ethyl adjacent to an activating group) is 1. The maximum absolute atomic E-state index is 15.4. The zero-order valence-electron chi connectivity index (χ0n) is 38.1. The Hall–Kier alpha value is -4.51. The van der Waals surface area contributed by atoms with Crippen LogP contribution in [-0.2, 0) is 41.1 Å². The zero-order chi connectivity index (χ0) is 45.6. The van der Waals surface area contributed by atoms with Crippen molar-refractivity contribution in [2.45, 2.75) is 112 Å². The lowest BCUT2D eigenvalue weighted by Gasteiger charge is -2.63. The van der Waals surface area contributed by atoms with Gasteiger partial charge in [0.15, 0.2) is 5.60 Å². The number of carbonyl (C=O) groups is 3. The Kier molecular flexibility index (Phi) is 11.3. The number of H-pyrrole nitrogens is 1. The van der Waals surface area contributed by atoms with Crippen LogP contribution in [0.25, 0.3) is 10.9 Å². The van der Waals surface area contributed by atoms with E-state index in [-0.39, 0.29) is 31.5 Å². The number of piperidine rings is 1. The van der Waals surface area contributed by atoms with E-state index >= 15 is 4.79 Å². The summed E-state index contributed by atoms with van der Waals surface area (Å²) in [5.41, 5.74) is 3.88. The van der Waals surface area contributed by atoms with Gasteiger partial charge in [0.25, 0.3) is 5.91 Å². The van der Waals surface area contributed by atoms with E-state index in [0.29, 0.717) is 82.6 Å². The van der Waals surface area contributed by atoms with Gasteiger partial charge in [0.05, 0.1) is 32.5 Å². The number of ether oxygens (including phenoxy) is 3. The van der Waals surface area contributed by atoms with Crippen molar-refractivity contribution in [2.24, 2.45) is 17.1 Å². The molecule has 11 atom stereocenters. The van der Waals surface area contributed by atoms with Crippen LogP contribution in [0.4, 0.5) is 5.69 Å². The Morgan fingerprint density at radius 1 is 1.05 bits per heavy atom. The average molecular weight is 883 g/mol. The summed E-state index contributed by atoms with van der Waals surface area (Å²) in [6, 6.07) is 10.1. The van der Waals surface area contributed by atoms with Crippen molar-refractivity contribution in [1.29, 1.82) is 0 Å². The van der Waals surface area contributed by atoms with E-state index in [2.05, 4.69) is 32.2 Å². The second-order valence-corrected chi connectivity index (χ2v) is 19.7. The summed E-state index contributed by atoms with van der Waals surface area (Å²) in [6.45, 7) is 8.91. The average Bonchev–Trinajstić information content (AvgIpc) is 3.95. The number of nitrogens with zero attached hydrogens (tertiary/aromatic N) is 3. The van der Waals surface area contributed by atoms with Crippen LogP contribution >= 0.6 is 0 Å². The van der Waals surface area contributed by atoms with Crippen molar-refractivity contribution >= 4 is 34.4 Å². The number of amides is 1. The molecule has 346 valence electrons. The lowest BCUT2D eigenvalue weighted by atomic mass is 9.47. The molecule has 15 nitrogen and oxygen atoms in total. The summed E-state index contributed by atoms with van der Waals surface area (Å²) in [4.78, 5) is 52.7. The lowest BCUT2D eigenvalue weighted by Crippen LogP contribution is -2.81. The predicted molar refractivity (Wildman–Crippen MR) is 241 cm³/mol. The highest BCUT2D eigenvalue weighted by molar-refractivity contribution is 5.95. The molecule has 7 N–H and O–H groups in total. The van der Waals surface area contributed by atoms with E-state index in [4.69, 9.17) is 19.9 Å². The molecule has 1 spiro atoms. The van der Waals surface area contributed by atoms with Crippen LogP contribution in [0, 0.1) is 11.3 Å². The van der Waals surface area contributed by atoms with Crippen molar-refractivity contribution < 1.29 is 43.9 Å². The largest absolute Gasteiger partial charge is 0.496 e. The summed E-state index contributed by atoms with van der Waals surface area (Å²) in [7, 11) is 4.89. The number of nitrogens with one attached hydrogen (secondary N) is 2. The van der Waals surface area contributed by atoms with Gasteiger partial charge in [-0.1, -0.05) is 44.2 Å². The normalized spacial score (nSPS) is 35.5. The predicted octanol–water partition coefficient (Wildman–Crippen LogP) is 2.64. The van der Waals surface area contributed by atoms with Gasteiger partial charge in [-0.3, -0.25) is 24.2 Å². The van der Waals surface area contributed by atoms with Crippen LogP contribution in [0.15, 0.2) is 48.6 Å². The first-order chi connectivity index (χ1) is 30.6. The SMILES string of the molecule is CCC1(O)CC2C[N@](CCc3c([nH]c4ccccc34)[C@@](C(=O)OC)(c3cc4c(cc3OC)N(C)C3[C@]45CCN4CC=C[C@](CC)(C45)[C@@H](O)[C@]3(O)C(=O)NCCCOC(=O)[C@H](C)N)C2)C1. The van der Waals surface area contributed by atoms with Gasteiger partial charge in [0.2, 0.25) is 0 Å². The Labute approximate surface area is 375 Å². The van der Waals surface area contributed by atoms with Crippen LogP contribution in [-0.4, -0.2) is 151 Å². The molecule has 1 aliphatic carbocycles. The van der Waals surface area contributed by atoms with Crippen LogP contribution in [0.2, 0.25) is 0 Å². The fraction of sp³-hybridized carbons (Fsp3) is 0.612. The van der Waals surface area contributed by atoms with E-state index in [1.54, 1.807) is 14.0 Å². The van der Waals surface area contributed by atoms with Gasteiger partial charge < -0.3 is 50.5 Å². The minimum absolute atomic E-state index is 0.0260. The van der Waals surface area contributed by atoms with Crippen molar-refractivity contribution in [3.63, 3.8) is 0 Å². The molecular formula is C49H66N6O9. The second kappa shape index (κ2) is 16.1. The Bertz CT molecular complexity index is 2370. The van der Waals surface area contributed by atoms with E-state index < -0.39 is 63.5 Å². The molecule has 3 fully saturated rings. The molecule has 4 unspecified atom stereocenters. The highest BCUT2D eigenvalue weighted by Gasteiger charge is 2.78. The monoisotopic (exact) mass is 882 g/mol. The minimum Gasteiger partial charge on any atom is -0.496 e. The summed E-state index contributed by atoms with van der Waals surface area (Å²) in [5.74, 6) is -1.37. The van der Waals surface area contributed by atoms with Crippen LogP contribution in [0.3, 0.4) is 0 Å². The minimum atomic E-state index is -2.33. The topological polar surface area (TPSA) is 203 Å². The van der Waals surface area contributed by atoms with Crippen LogP contribution in [0.1, 0.15) is 81.7 Å². The highest BCUT2D eigenvalue weighted by atomic mass is 16.5. The third kappa shape index (κ3) is 6.24. The fourth-order valence-corrected chi connectivity index (χ4v) is 13.8. The molecule has 2 saturated heterocycles. The first kappa shape index (κ1) is 44.7. The van der Waals surface area contributed by atoms with Gasteiger partial charge in [-0.2, -0.15) is 0 Å². The number of carbonyl (C=O) groups excluding carboxylic acids is 3. The van der Waals surface area contributed by atoms with Gasteiger partial charge in [0.1, 0.15) is 23.3 Å². The van der Waals surface area contributed by atoms with Gasteiger partial charge in [-0.05, 0) is 87.6 Å². The molecule has 0 radical (unpaired) electrons. The number of para-hydroxylation sites is 1. The number of methoxy groups -OCH3 is 2. The second-order valence-electron chi connectivity index (χ2n) is 19.7. The van der Waals surface area contributed by atoms with Crippen LogP contribution < -0.4 is 20.7 Å². The Morgan fingerprint density at radius 2 is 1.83 bits per heavy atom. The summed E-state index contributed by atoms with van der Waals surface area (Å²) in [6.07, 6.45) is 5.87. The smallest absolute Gasteiger partial charge is 0.322 e. The number of aliphatic hydroxyl groups is 3. The number of aromatic nitrogens is 1. The number of rotatable bonds is 11. The number of fused-ring (bicyclic) bond motifs is 6. The van der Waals surface area contributed by atoms with Crippen LogP contribution in [0.5, 0.6) is 5.75 Å². The molecule has 6 aliphatic rings. The number of anilines is 1. The molecule has 6 heterocycles. The van der Waals surface area contributed by atoms with Crippen molar-refractivity contribution in [1.82, 2.24) is 20.1 Å². The first-order valence-corrected chi connectivity index (χ1v) is 23.2. The highest BCUT2D eigenvalue weighted by Crippen LogP contribution is 2.67.